The summed E-state index contributed by atoms with van der Waals surface area (Å²) in [5, 5.41) is 6.22. The Morgan fingerprint density at radius 1 is 1.07 bits per heavy atom. The zero-order valence-corrected chi connectivity index (χ0v) is 17.2. The lowest BCUT2D eigenvalue weighted by Crippen LogP contribution is -2.28. The van der Waals surface area contributed by atoms with Gasteiger partial charge in [-0.25, -0.2) is 8.42 Å². The van der Waals surface area contributed by atoms with Crippen molar-refractivity contribution in [1.82, 2.24) is 4.31 Å². The van der Waals surface area contributed by atoms with E-state index >= 15 is 0 Å². The molecule has 160 valence electrons. The van der Waals surface area contributed by atoms with Gasteiger partial charge in [0.25, 0.3) is 5.91 Å². The second kappa shape index (κ2) is 10.1. The normalized spacial score (nSPS) is 15.0. The number of para-hydroxylation sites is 1. The maximum absolute atomic E-state index is 12.6. The number of sulfonamides is 1. The van der Waals surface area contributed by atoms with Gasteiger partial charge >= 0.3 is 0 Å². The predicted octanol–water partition coefficient (Wildman–Crippen LogP) is 1.78. The zero-order valence-electron chi connectivity index (χ0n) is 16.4. The average Bonchev–Trinajstić information content (AvgIpc) is 3.29. The van der Waals surface area contributed by atoms with Crippen molar-refractivity contribution >= 4 is 27.5 Å². The van der Waals surface area contributed by atoms with Crippen molar-refractivity contribution in [2.45, 2.75) is 17.7 Å². The average molecular weight is 433 g/mol. The van der Waals surface area contributed by atoms with Crippen molar-refractivity contribution in [3.05, 3.63) is 54.6 Å². The number of carbonyl (C=O) groups is 1. The molecule has 0 unspecified atom stereocenters. The van der Waals surface area contributed by atoms with E-state index in [2.05, 4.69) is 10.5 Å². The van der Waals surface area contributed by atoms with Gasteiger partial charge in [0.05, 0.1) is 4.90 Å². The highest BCUT2D eigenvalue weighted by atomic mass is 32.2. The molecule has 1 saturated heterocycles. The van der Waals surface area contributed by atoms with Gasteiger partial charge in [-0.15, -0.1) is 0 Å². The predicted molar refractivity (Wildman–Crippen MR) is 113 cm³/mol. The van der Waals surface area contributed by atoms with Crippen molar-refractivity contribution < 1.29 is 22.8 Å². The van der Waals surface area contributed by atoms with Crippen LogP contribution in [0, 0.1) is 0 Å². The fraction of sp³-hybridized carbons (Fsp3) is 0.300. The van der Waals surface area contributed by atoms with Gasteiger partial charge in [0.15, 0.2) is 12.4 Å². The van der Waals surface area contributed by atoms with Crippen molar-refractivity contribution in [2.24, 2.45) is 10.9 Å². The molecule has 1 fully saturated rings. The highest BCUT2D eigenvalue weighted by Gasteiger charge is 2.27. The van der Waals surface area contributed by atoms with Crippen LogP contribution < -0.4 is 15.8 Å². The van der Waals surface area contributed by atoms with E-state index < -0.39 is 15.9 Å². The van der Waals surface area contributed by atoms with Gasteiger partial charge in [0, 0.05) is 18.8 Å². The van der Waals surface area contributed by atoms with E-state index in [0.29, 0.717) is 24.5 Å². The smallest absolute Gasteiger partial charge is 0.265 e. The van der Waals surface area contributed by atoms with Crippen molar-refractivity contribution in [3.63, 3.8) is 0 Å². The van der Waals surface area contributed by atoms with E-state index in [9.17, 15) is 13.2 Å². The SMILES string of the molecule is N/C(COc1ccccc1)=N\OCC(=O)Nc1cccc(S(=O)(=O)N2CCCC2)c1. The molecule has 0 atom stereocenters. The van der Waals surface area contributed by atoms with Gasteiger partial charge in [0.1, 0.15) is 12.4 Å². The van der Waals surface area contributed by atoms with Gasteiger partial charge in [-0.3, -0.25) is 4.79 Å². The third kappa shape index (κ3) is 5.94. The number of oxime groups is 1. The Bertz CT molecular complexity index is 989. The molecule has 30 heavy (non-hydrogen) atoms. The molecule has 0 spiro atoms. The fourth-order valence-corrected chi connectivity index (χ4v) is 4.45. The number of ether oxygens (including phenoxy) is 1. The summed E-state index contributed by atoms with van der Waals surface area (Å²) in [5.74, 6) is 0.216. The molecule has 2 aromatic carbocycles. The molecule has 1 aliphatic heterocycles. The molecular weight excluding hydrogens is 408 g/mol. The third-order valence-corrected chi connectivity index (χ3v) is 6.22. The van der Waals surface area contributed by atoms with Gasteiger partial charge < -0.3 is 20.6 Å². The lowest BCUT2D eigenvalue weighted by Gasteiger charge is -2.16. The second-order valence-corrected chi connectivity index (χ2v) is 8.58. The van der Waals surface area contributed by atoms with E-state index in [4.69, 9.17) is 15.3 Å². The number of nitrogens with zero attached hydrogens (tertiary/aromatic N) is 2. The van der Waals surface area contributed by atoms with Crippen LogP contribution in [0.15, 0.2) is 64.6 Å². The number of nitrogens with two attached hydrogens (primary N) is 1. The van der Waals surface area contributed by atoms with Crippen LogP contribution in [-0.4, -0.2) is 50.8 Å². The molecule has 3 rings (SSSR count). The van der Waals surface area contributed by atoms with Crippen LogP contribution in [0.3, 0.4) is 0 Å². The maximum atomic E-state index is 12.6. The molecule has 0 radical (unpaired) electrons. The Kier molecular flexibility index (Phi) is 7.26. The Morgan fingerprint density at radius 3 is 2.53 bits per heavy atom. The number of benzene rings is 2. The molecule has 0 bridgehead atoms. The summed E-state index contributed by atoms with van der Waals surface area (Å²) in [6.45, 7) is 0.664. The molecule has 0 aliphatic carbocycles. The number of amides is 1. The van der Waals surface area contributed by atoms with Gasteiger partial charge in [-0.05, 0) is 43.2 Å². The summed E-state index contributed by atoms with van der Waals surface area (Å²) in [5.41, 5.74) is 6.04. The highest BCUT2D eigenvalue weighted by molar-refractivity contribution is 7.89. The van der Waals surface area contributed by atoms with Crippen LogP contribution in [0.1, 0.15) is 12.8 Å². The minimum atomic E-state index is -3.56. The van der Waals surface area contributed by atoms with Crippen LogP contribution >= 0.6 is 0 Å². The van der Waals surface area contributed by atoms with E-state index in [1.807, 2.05) is 18.2 Å². The Balaban J connectivity index is 1.49. The molecule has 1 aliphatic rings. The first-order valence-electron chi connectivity index (χ1n) is 9.47. The lowest BCUT2D eigenvalue weighted by molar-refractivity contribution is -0.120. The summed E-state index contributed by atoms with van der Waals surface area (Å²) >= 11 is 0. The molecule has 2 aromatic rings. The highest BCUT2D eigenvalue weighted by Crippen LogP contribution is 2.23. The molecule has 9 nitrogen and oxygen atoms in total. The molecule has 0 saturated carbocycles. The van der Waals surface area contributed by atoms with Crippen LogP contribution in [0.5, 0.6) is 5.75 Å². The van der Waals surface area contributed by atoms with Crippen LogP contribution in [0.2, 0.25) is 0 Å². The molecule has 0 aromatic heterocycles. The Labute approximate surface area is 175 Å². The topological polar surface area (TPSA) is 123 Å². The van der Waals surface area contributed by atoms with Gasteiger partial charge in [-0.1, -0.05) is 29.4 Å². The van der Waals surface area contributed by atoms with E-state index in [1.165, 1.54) is 16.4 Å². The van der Waals surface area contributed by atoms with Crippen molar-refractivity contribution in [1.29, 1.82) is 0 Å². The first kappa shape index (κ1) is 21.6. The second-order valence-electron chi connectivity index (χ2n) is 6.64. The molecule has 3 N–H and O–H groups in total. The number of carbonyl (C=O) groups excluding carboxylic acids is 1. The number of nitrogens with one attached hydrogen (secondary N) is 1. The van der Waals surface area contributed by atoms with E-state index in [1.54, 1.807) is 24.3 Å². The van der Waals surface area contributed by atoms with E-state index in [0.717, 1.165) is 12.8 Å². The summed E-state index contributed by atoms with van der Waals surface area (Å²) in [7, 11) is -3.56. The number of amidine groups is 1. The van der Waals surface area contributed by atoms with E-state index in [-0.39, 0.29) is 23.9 Å². The van der Waals surface area contributed by atoms with Gasteiger partial charge in [0.2, 0.25) is 10.0 Å². The fourth-order valence-electron chi connectivity index (χ4n) is 2.88. The van der Waals surface area contributed by atoms with Crippen LogP contribution in [-0.2, 0) is 19.7 Å². The standard InChI is InChI=1S/C20H24N4O5S/c21-19(14-28-17-8-2-1-3-9-17)23-29-15-20(25)22-16-7-6-10-18(13-16)30(26,27)24-11-4-5-12-24/h1-3,6-10,13H,4-5,11-12,14-15H2,(H2,21,23)(H,22,25). The Morgan fingerprint density at radius 2 is 1.80 bits per heavy atom. The summed E-state index contributed by atoms with van der Waals surface area (Å²) < 4.78 is 32.1. The number of hydrogen-bond donors (Lipinski definition) is 2. The number of anilines is 1. The lowest BCUT2D eigenvalue weighted by atomic mass is 10.3. The largest absolute Gasteiger partial charge is 0.486 e. The monoisotopic (exact) mass is 432 g/mol. The van der Waals surface area contributed by atoms with Crippen molar-refractivity contribution in [3.8, 4) is 5.75 Å². The molecule has 10 heteroatoms. The molecular formula is C20H24N4O5S. The minimum absolute atomic E-state index is 0.0159. The number of rotatable bonds is 9. The van der Waals surface area contributed by atoms with Crippen molar-refractivity contribution in [2.75, 3.05) is 31.6 Å². The summed E-state index contributed by atoms with van der Waals surface area (Å²) in [4.78, 5) is 17.1. The minimum Gasteiger partial charge on any atom is -0.486 e. The zero-order chi connectivity index (χ0) is 21.4. The third-order valence-electron chi connectivity index (χ3n) is 4.33. The molecule has 1 heterocycles. The Hall–Kier alpha value is -3.11. The van der Waals surface area contributed by atoms with Gasteiger partial charge in [-0.2, -0.15) is 4.31 Å². The quantitative estimate of drug-likeness (QED) is 0.354. The molecule has 1 amide bonds. The number of hydrogen-bond acceptors (Lipinski definition) is 6. The maximum Gasteiger partial charge on any atom is 0.265 e. The first-order chi connectivity index (χ1) is 14.4. The summed E-state index contributed by atoms with van der Waals surface area (Å²) in [6, 6.07) is 15.2. The summed E-state index contributed by atoms with van der Waals surface area (Å²) in [6.07, 6.45) is 1.71. The van der Waals surface area contributed by atoms with Crippen LogP contribution in [0.25, 0.3) is 0 Å². The van der Waals surface area contributed by atoms with Crippen LogP contribution in [0.4, 0.5) is 5.69 Å². The first-order valence-corrected chi connectivity index (χ1v) is 10.9.